The Labute approximate surface area is 105 Å². The molecule has 0 saturated carbocycles. The third-order valence-corrected chi connectivity index (χ3v) is 2.95. The molecule has 1 rings (SSSR count). The summed E-state index contributed by atoms with van der Waals surface area (Å²) < 4.78 is 2.03. The summed E-state index contributed by atoms with van der Waals surface area (Å²) in [5.74, 6) is 1.06. The van der Waals surface area contributed by atoms with E-state index in [-0.39, 0.29) is 0 Å². The number of nitrogens with zero attached hydrogens (tertiary/aromatic N) is 3. The van der Waals surface area contributed by atoms with E-state index in [2.05, 4.69) is 29.2 Å². The Hall–Kier alpha value is -0.900. The molecule has 98 valence electrons. The van der Waals surface area contributed by atoms with Crippen LogP contribution in [0.5, 0.6) is 0 Å². The molecule has 4 nitrogen and oxygen atoms in total. The molecule has 0 amide bonds. The van der Waals surface area contributed by atoms with Gasteiger partial charge < -0.3 is 5.32 Å². The van der Waals surface area contributed by atoms with Crippen molar-refractivity contribution in [2.45, 2.75) is 65.5 Å². The lowest BCUT2D eigenvalue weighted by molar-refractivity contribution is 0.502. The molecule has 1 N–H and O–H groups in total. The summed E-state index contributed by atoms with van der Waals surface area (Å²) in [5.41, 5.74) is 0. The second-order valence-electron chi connectivity index (χ2n) is 4.45. The first-order chi connectivity index (χ1) is 8.38. The Kier molecular flexibility index (Phi) is 7.63. The van der Waals surface area contributed by atoms with Gasteiger partial charge in [-0.05, 0) is 13.0 Å². The summed E-state index contributed by atoms with van der Waals surface area (Å²) in [4.78, 5) is 4.27. The van der Waals surface area contributed by atoms with Crippen LogP contribution in [0.4, 0.5) is 0 Å². The molecule has 1 aromatic heterocycles. The quantitative estimate of drug-likeness (QED) is 0.637. The fourth-order valence-electron chi connectivity index (χ4n) is 1.89. The lowest BCUT2D eigenvalue weighted by Gasteiger charge is -2.06. The fourth-order valence-corrected chi connectivity index (χ4v) is 1.89. The number of hydrogen-bond donors (Lipinski definition) is 1. The predicted octanol–water partition coefficient (Wildman–Crippen LogP) is 2.75. The predicted molar refractivity (Wildman–Crippen MR) is 70.8 cm³/mol. The summed E-state index contributed by atoms with van der Waals surface area (Å²) >= 11 is 0. The van der Waals surface area contributed by atoms with E-state index in [1.807, 2.05) is 4.68 Å². The van der Waals surface area contributed by atoms with Crippen molar-refractivity contribution >= 4 is 0 Å². The highest BCUT2D eigenvalue weighted by atomic mass is 15.3. The van der Waals surface area contributed by atoms with Crippen molar-refractivity contribution in [1.82, 2.24) is 20.1 Å². The van der Waals surface area contributed by atoms with Crippen LogP contribution in [0.2, 0.25) is 0 Å². The van der Waals surface area contributed by atoms with Crippen LogP contribution in [0.25, 0.3) is 0 Å². The molecule has 1 heterocycles. The van der Waals surface area contributed by atoms with Crippen LogP contribution in [-0.2, 0) is 13.1 Å². The molecule has 0 spiro atoms. The standard InChI is InChI=1S/C13H26N4/c1-3-5-6-7-8-9-10-17-13(11-14-4-2)15-12-16-17/h12,14H,3-11H2,1-2H3. The van der Waals surface area contributed by atoms with Gasteiger partial charge in [-0.2, -0.15) is 5.10 Å². The van der Waals surface area contributed by atoms with E-state index in [4.69, 9.17) is 0 Å². The minimum Gasteiger partial charge on any atom is -0.310 e. The van der Waals surface area contributed by atoms with E-state index < -0.39 is 0 Å². The number of aryl methyl sites for hydroxylation is 1. The maximum Gasteiger partial charge on any atom is 0.140 e. The van der Waals surface area contributed by atoms with E-state index in [9.17, 15) is 0 Å². The molecule has 0 aromatic carbocycles. The minimum absolute atomic E-state index is 0.826. The molecule has 0 aliphatic heterocycles. The van der Waals surface area contributed by atoms with E-state index in [0.717, 1.165) is 25.5 Å². The molecule has 0 radical (unpaired) electrons. The van der Waals surface area contributed by atoms with Crippen LogP contribution in [0.1, 0.15) is 58.2 Å². The smallest absolute Gasteiger partial charge is 0.140 e. The third-order valence-electron chi connectivity index (χ3n) is 2.95. The van der Waals surface area contributed by atoms with Gasteiger partial charge in [0.2, 0.25) is 0 Å². The van der Waals surface area contributed by atoms with Gasteiger partial charge >= 0.3 is 0 Å². The normalized spacial score (nSPS) is 10.9. The summed E-state index contributed by atoms with van der Waals surface area (Å²) in [7, 11) is 0. The highest BCUT2D eigenvalue weighted by molar-refractivity contribution is 4.83. The maximum absolute atomic E-state index is 4.27. The van der Waals surface area contributed by atoms with Gasteiger partial charge in [0.15, 0.2) is 0 Å². The SMILES string of the molecule is CCCCCCCCn1ncnc1CNCC. The van der Waals surface area contributed by atoms with E-state index in [0.29, 0.717) is 0 Å². The van der Waals surface area contributed by atoms with Crippen molar-refractivity contribution in [3.8, 4) is 0 Å². The first kappa shape index (κ1) is 14.2. The number of rotatable bonds is 10. The van der Waals surface area contributed by atoms with Crippen LogP contribution >= 0.6 is 0 Å². The number of nitrogens with one attached hydrogen (secondary N) is 1. The molecule has 17 heavy (non-hydrogen) atoms. The second-order valence-corrected chi connectivity index (χ2v) is 4.45. The van der Waals surface area contributed by atoms with Gasteiger partial charge in [0.1, 0.15) is 12.2 Å². The summed E-state index contributed by atoms with van der Waals surface area (Å²) in [6, 6.07) is 0. The first-order valence-electron chi connectivity index (χ1n) is 6.95. The second kappa shape index (κ2) is 9.16. The topological polar surface area (TPSA) is 42.7 Å². The van der Waals surface area contributed by atoms with Crippen LogP contribution in [0, 0.1) is 0 Å². The van der Waals surface area contributed by atoms with Crippen molar-refractivity contribution in [2.24, 2.45) is 0 Å². The Balaban J connectivity index is 2.15. The average Bonchev–Trinajstić information content (AvgIpc) is 2.78. The van der Waals surface area contributed by atoms with Gasteiger partial charge in [-0.15, -0.1) is 0 Å². The van der Waals surface area contributed by atoms with E-state index in [1.54, 1.807) is 6.33 Å². The number of aromatic nitrogens is 3. The van der Waals surface area contributed by atoms with Gasteiger partial charge in [0.25, 0.3) is 0 Å². The van der Waals surface area contributed by atoms with E-state index >= 15 is 0 Å². The molecule has 0 saturated heterocycles. The largest absolute Gasteiger partial charge is 0.310 e. The molecule has 0 fully saturated rings. The van der Waals surface area contributed by atoms with Gasteiger partial charge in [-0.3, -0.25) is 0 Å². The molecular formula is C13H26N4. The Bertz CT molecular complexity index is 283. The summed E-state index contributed by atoms with van der Waals surface area (Å²) in [6.07, 6.45) is 9.59. The van der Waals surface area contributed by atoms with Gasteiger partial charge in [0.05, 0.1) is 6.54 Å². The van der Waals surface area contributed by atoms with Gasteiger partial charge in [0, 0.05) is 6.54 Å². The zero-order chi connectivity index (χ0) is 12.3. The lowest BCUT2D eigenvalue weighted by atomic mass is 10.1. The molecule has 0 atom stereocenters. The number of unbranched alkanes of at least 4 members (excludes halogenated alkanes) is 5. The fraction of sp³-hybridized carbons (Fsp3) is 0.846. The van der Waals surface area contributed by atoms with Crippen molar-refractivity contribution < 1.29 is 0 Å². The minimum atomic E-state index is 0.826. The van der Waals surface area contributed by atoms with Crippen molar-refractivity contribution in [1.29, 1.82) is 0 Å². The molecule has 1 aromatic rings. The zero-order valence-corrected chi connectivity index (χ0v) is 11.3. The monoisotopic (exact) mass is 238 g/mol. The highest BCUT2D eigenvalue weighted by Crippen LogP contribution is 2.06. The molecule has 0 unspecified atom stereocenters. The average molecular weight is 238 g/mol. The Morgan fingerprint density at radius 1 is 1.12 bits per heavy atom. The number of hydrogen-bond acceptors (Lipinski definition) is 3. The maximum atomic E-state index is 4.27. The lowest BCUT2D eigenvalue weighted by Crippen LogP contribution is -2.17. The summed E-state index contributed by atoms with van der Waals surface area (Å²) in [6.45, 7) is 7.17. The Morgan fingerprint density at radius 2 is 1.88 bits per heavy atom. The molecule has 0 aliphatic carbocycles. The van der Waals surface area contributed by atoms with Crippen molar-refractivity contribution in [3.05, 3.63) is 12.2 Å². The van der Waals surface area contributed by atoms with E-state index in [1.165, 1.54) is 38.5 Å². The molecule has 4 heteroatoms. The van der Waals surface area contributed by atoms with Gasteiger partial charge in [-0.25, -0.2) is 9.67 Å². The van der Waals surface area contributed by atoms with Gasteiger partial charge in [-0.1, -0.05) is 46.0 Å². The van der Waals surface area contributed by atoms with Crippen LogP contribution in [0.3, 0.4) is 0 Å². The molecular weight excluding hydrogens is 212 g/mol. The molecule has 0 bridgehead atoms. The first-order valence-corrected chi connectivity index (χ1v) is 6.95. The zero-order valence-electron chi connectivity index (χ0n) is 11.3. The molecule has 0 aliphatic rings. The Morgan fingerprint density at radius 3 is 2.65 bits per heavy atom. The van der Waals surface area contributed by atoms with Crippen LogP contribution in [-0.4, -0.2) is 21.3 Å². The highest BCUT2D eigenvalue weighted by Gasteiger charge is 2.02. The van der Waals surface area contributed by atoms with Crippen LogP contribution < -0.4 is 5.32 Å². The summed E-state index contributed by atoms with van der Waals surface area (Å²) in [5, 5.41) is 7.55. The third kappa shape index (κ3) is 5.82. The van der Waals surface area contributed by atoms with Crippen molar-refractivity contribution in [3.63, 3.8) is 0 Å². The van der Waals surface area contributed by atoms with Crippen LogP contribution in [0.15, 0.2) is 6.33 Å². The van der Waals surface area contributed by atoms with Crippen molar-refractivity contribution in [2.75, 3.05) is 6.54 Å².